The van der Waals surface area contributed by atoms with Gasteiger partial charge in [-0.15, -0.1) is 0 Å². The number of para-hydroxylation sites is 1. The Morgan fingerprint density at radius 2 is 1.86 bits per heavy atom. The maximum Gasteiger partial charge on any atom is 0.257 e. The highest BCUT2D eigenvalue weighted by Crippen LogP contribution is 2.22. The molecule has 1 saturated heterocycles. The molecule has 1 aliphatic rings. The third-order valence-electron chi connectivity index (χ3n) is 4.91. The number of H-pyrrole nitrogens is 1. The van der Waals surface area contributed by atoms with Crippen molar-refractivity contribution in [3.8, 4) is 0 Å². The van der Waals surface area contributed by atoms with E-state index in [1.165, 1.54) is 10.4 Å². The number of hydrogen-bond donors (Lipinski definition) is 2. The molecule has 2 heterocycles. The number of carbonyl (C=O) groups excluding carboxylic acids is 1. The van der Waals surface area contributed by atoms with Crippen LogP contribution in [0.1, 0.15) is 10.4 Å². The summed E-state index contributed by atoms with van der Waals surface area (Å²) in [6.45, 7) is 2.31. The highest BCUT2D eigenvalue weighted by molar-refractivity contribution is 7.89. The number of hydrogen-bond acceptors (Lipinski definition) is 5. The number of amides is 1. The summed E-state index contributed by atoms with van der Waals surface area (Å²) in [5, 5.41) is 10.4. The Morgan fingerprint density at radius 1 is 1.11 bits per heavy atom. The smallest absolute Gasteiger partial charge is 0.257 e. The summed E-state index contributed by atoms with van der Waals surface area (Å²) in [5.41, 5.74) is 1.51. The predicted molar refractivity (Wildman–Crippen MR) is 107 cm³/mol. The number of nitrogens with one attached hydrogen (secondary N) is 2. The zero-order chi connectivity index (χ0) is 19.7. The van der Waals surface area contributed by atoms with Crippen molar-refractivity contribution in [3.63, 3.8) is 0 Å². The number of carbonyl (C=O) groups is 1. The minimum absolute atomic E-state index is 0.176. The molecule has 1 amide bonds. The molecule has 146 valence electrons. The van der Waals surface area contributed by atoms with E-state index in [0.29, 0.717) is 42.9 Å². The highest BCUT2D eigenvalue weighted by Gasteiger charge is 2.27. The number of aromatic nitrogens is 2. The lowest BCUT2D eigenvalue weighted by Gasteiger charge is -2.31. The Hall–Kier alpha value is -2.75. The third kappa shape index (κ3) is 3.51. The van der Waals surface area contributed by atoms with E-state index in [-0.39, 0.29) is 10.8 Å². The molecule has 4 rings (SSSR count). The summed E-state index contributed by atoms with van der Waals surface area (Å²) in [5.74, 6) is -0.330. The van der Waals surface area contributed by atoms with Gasteiger partial charge in [-0.2, -0.15) is 9.40 Å². The first kappa shape index (κ1) is 18.6. The van der Waals surface area contributed by atoms with E-state index in [1.807, 2.05) is 13.1 Å². The van der Waals surface area contributed by atoms with Gasteiger partial charge in [0.05, 0.1) is 22.2 Å². The van der Waals surface area contributed by atoms with Crippen LogP contribution in [-0.2, 0) is 10.0 Å². The summed E-state index contributed by atoms with van der Waals surface area (Å²) >= 11 is 0. The second-order valence-electron chi connectivity index (χ2n) is 6.83. The summed E-state index contributed by atoms with van der Waals surface area (Å²) in [6.07, 6.45) is 1.65. The van der Waals surface area contributed by atoms with Gasteiger partial charge in [-0.25, -0.2) is 8.42 Å². The van der Waals surface area contributed by atoms with Crippen molar-refractivity contribution in [1.29, 1.82) is 0 Å². The molecular weight excluding hydrogens is 378 g/mol. The molecule has 8 nitrogen and oxygen atoms in total. The average molecular weight is 399 g/mol. The fraction of sp³-hybridized carbons (Fsp3) is 0.263. The van der Waals surface area contributed by atoms with Crippen LogP contribution in [-0.4, -0.2) is 67.0 Å². The van der Waals surface area contributed by atoms with Crippen LogP contribution in [0.15, 0.2) is 53.6 Å². The van der Waals surface area contributed by atoms with Crippen molar-refractivity contribution in [2.75, 3.05) is 38.5 Å². The summed E-state index contributed by atoms with van der Waals surface area (Å²) in [6, 6.07) is 11.7. The first-order valence-electron chi connectivity index (χ1n) is 8.97. The molecule has 1 aliphatic heterocycles. The molecule has 0 aliphatic carbocycles. The molecule has 0 atom stereocenters. The van der Waals surface area contributed by atoms with E-state index in [4.69, 9.17) is 0 Å². The lowest BCUT2D eigenvalue weighted by molar-refractivity contribution is 0.102. The van der Waals surface area contributed by atoms with Crippen LogP contribution in [0.25, 0.3) is 10.9 Å². The van der Waals surface area contributed by atoms with Crippen LogP contribution in [0.5, 0.6) is 0 Å². The maximum absolute atomic E-state index is 12.9. The zero-order valence-corrected chi connectivity index (χ0v) is 16.2. The minimum Gasteiger partial charge on any atom is -0.322 e. The Kier molecular flexibility index (Phi) is 4.88. The van der Waals surface area contributed by atoms with Crippen molar-refractivity contribution in [3.05, 3.63) is 54.2 Å². The van der Waals surface area contributed by atoms with Crippen molar-refractivity contribution < 1.29 is 13.2 Å². The van der Waals surface area contributed by atoms with E-state index < -0.39 is 10.0 Å². The monoisotopic (exact) mass is 399 g/mol. The molecular formula is C19H21N5O3S. The Morgan fingerprint density at radius 3 is 2.64 bits per heavy atom. The van der Waals surface area contributed by atoms with Gasteiger partial charge in [0.15, 0.2) is 0 Å². The van der Waals surface area contributed by atoms with Gasteiger partial charge in [0.25, 0.3) is 5.91 Å². The van der Waals surface area contributed by atoms with Gasteiger partial charge in [-0.3, -0.25) is 9.89 Å². The standard InChI is InChI=1S/C19H21N5O3S/c1-23-8-10-24(11-9-23)28(26,27)16-6-3-5-15(12-16)21-19(25)17-7-2-4-14-13-20-22-18(14)17/h2-7,12-13H,8-11H2,1H3,(H,20,22)(H,21,25). The van der Waals surface area contributed by atoms with Crippen LogP contribution < -0.4 is 5.32 Å². The van der Waals surface area contributed by atoms with E-state index in [1.54, 1.807) is 36.5 Å². The lowest BCUT2D eigenvalue weighted by atomic mass is 10.1. The van der Waals surface area contributed by atoms with Crippen molar-refractivity contribution in [2.24, 2.45) is 0 Å². The van der Waals surface area contributed by atoms with Gasteiger partial charge in [-0.05, 0) is 31.3 Å². The van der Waals surface area contributed by atoms with Crippen LogP contribution >= 0.6 is 0 Å². The zero-order valence-electron chi connectivity index (χ0n) is 15.4. The molecule has 3 aromatic rings. The minimum atomic E-state index is -3.59. The molecule has 0 unspecified atom stereocenters. The quantitative estimate of drug-likeness (QED) is 0.697. The number of aromatic amines is 1. The van der Waals surface area contributed by atoms with Gasteiger partial charge in [0.1, 0.15) is 0 Å². The lowest BCUT2D eigenvalue weighted by Crippen LogP contribution is -2.47. The Balaban J connectivity index is 1.57. The van der Waals surface area contributed by atoms with E-state index >= 15 is 0 Å². The van der Waals surface area contributed by atoms with Crippen LogP contribution in [0.2, 0.25) is 0 Å². The SMILES string of the molecule is CN1CCN(S(=O)(=O)c2cccc(NC(=O)c3cccc4cn[nH]c34)c2)CC1. The van der Waals surface area contributed by atoms with E-state index in [9.17, 15) is 13.2 Å². The second-order valence-corrected chi connectivity index (χ2v) is 8.77. The number of sulfonamides is 1. The number of anilines is 1. The Bertz CT molecular complexity index is 1120. The van der Waals surface area contributed by atoms with E-state index in [0.717, 1.165) is 5.39 Å². The second kappa shape index (κ2) is 7.34. The normalized spacial score (nSPS) is 16.3. The largest absolute Gasteiger partial charge is 0.322 e. The predicted octanol–water partition coefficient (Wildman–Crippen LogP) is 1.75. The first-order chi connectivity index (χ1) is 13.4. The fourth-order valence-corrected chi connectivity index (χ4v) is 4.74. The van der Waals surface area contributed by atoms with E-state index in [2.05, 4.69) is 20.4 Å². The Labute approximate surface area is 163 Å². The molecule has 28 heavy (non-hydrogen) atoms. The van der Waals surface area contributed by atoms with Gasteiger partial charge >= 0.3 is 0 Å². The molecule has 1 aromatic heterocycles. The molecule has 2 aromatic carbocycles. The van der Waals surface area contributed by atoms with Crippen molar-refractivity contribution in [1.82, 2.24) is 19.4 Å². The number of likely N-dealkylation sites (N-methyl/N-ethyl adjacent to an activating group) is 1. The molecule has 9 heteroatoms. The van der Waals surface area contributed by atoms with Crippen LogP contribution in [0.4, 0.5) is 5.69 Å². The average Bonchev–Trinajstić information content (AvgIpc) is 3.17. The number of piperazine rings is 1. The molecule has 1 fully saturated rings. The third-order valence-corrected chi connectivity index (χ3v) is 6.81. The number of fused-ring (bicyclic) bond motifs is 1. The summed E-state index contributed by atoms with van der Waals surface area (Å²) in [7, 11) is -1.62. The topological polar surface area (TPSA) is 98.4 Å². The number of rotatable bonds is 4. The van der Waals surface area contributed by atoms with Gasteiger partial charge in [0, 0.05) is 37.3 Å². The molecule has 0 saturated carbocycles. The molecule has 0 bridgehead atoms. The number of benzene rings is 2. The van der Waals surface area contributed by atoms with Crippen LogP contribution in [0.3, 0.4) is 0 Å². The summed E-state index contributed by atoms with van der Waals surface area (Å²) in [4.78, 5) is 15.0. The molecule has 0 radical (unpaired) electrons. The van der Waals surface area contributed by atoms with Gasteiger partial charge in [0.2, 0.25) is 10.0 Å². The highest BCUT2D eigenvalue weighted by atomic mass is 32.2. The van der Waals surface area contributed by atoms with Crippen molar-refractivity contribution in [2.45, 2.75) is 4.90 Å². The molecule has 0 spiro atoms. The van der Waals surface area contributed by atoms with Crippen LogP contribution in [0, 0.1) is 0 Å². The molecule has 2 N–H and O–H groups in total. The van der Waals surface area contributed by atoms with Gasteiger partial charge < -0.3 is 10.2 Å². The first-order valence-corrected chi connectivity index (χ1v) is 10.4. The fourth-order valence-electron chi connectivity index (χ4n) is 3.27. The van der Waals surface area contributed by atoms with Crippen molar-refractivity contribution >= 4 is 32.5 Å². The summed E-state index contributed by atoms with van der Waals surface area (Å²) < 4.78 is 27.3. The maximum atomic E-state index is 12.9. The van der Waals surface area contributed by atoms with Gasteiger partial charge in [-0.1, -0.05) is 18.2 Å². The number of nitrogens with zero attached hydrogens (tertiary/aromatic N) is 3.